The SMILES string of the molecule is CC[C@@H](C)CC1(C[C@H](C)CC)c2cccc(I)c2Oc2c(I)cccc21. The van der Waals surface area contributed by atoms with Gasteiger partial charge >= 0.3 is 0 Å². The summed E-state index contributed by atoms with van der Waals surface area (Å²) in [5.41, 5.74) is 2.81. The molecule has 3 rings (SSSR count). The van der Waals surface area contributed by atoms with Gasteiger partial charge in [0.25, 0.3) is 0 Å². The second-order valence-corrected chi connectivity index (χ2v) is 10.2. The minimum atomic E-state index is 0.0378. The van der Waals surface area contributed by atoms with E-state index < -0.39 is 0 Å². The summed E-state index contributed by atoms with van der Waals surface area (Å²) >= 11 is 4.86. The monoisotopic (exact) mass is 574 g/mol. The van der Waals surface area contributed by atoms with Gasteiger partial charge in [0.15, 0.2) is 0 Å². The van der Waals surface area contributed by atoms with Crippen LogP contribution in [0.1, 0.15) is 64.5 Å². The minimum Gasteiger partial charge on any atom is -0.454 e. The first kappa shape index (κ1) is 20.4. The zero-order chi connectivity index (χ0) is 18.9. The molecule has 26 heavy (non-hydrogen) atoms. The Bertz CT molecular complexity index is 718. The van der Waals surface area contributed by atoms with Crippen LogP contribution in [0.25, 0.3) is 0 Å². The van der Waals surface area contributed by atoms with Gasteiger partial charge in [-0.3, -0.25) is 0 Å². The third kappa shape index (κ3) is 3.67. The largest absolute Gasteiger partial charge is 0.454 e. The molecule has 0 N–H and O–H groups in total. The van der Waals surface area contributed by atoms with Crippen molar-refractivity contribution in [1.29, 1.82) is 0 Å². The maximum absolute atomic E-state index is 6.51. The van der Waals surface area contributed by atoms with E-state index >= 15 is 0 Å². The van der Waals surface area contributed by atoms with Crippen molar-refractivity contribution in [3.8, 4) is 11.5 Å². The van der Waals surface area contributed by atoms with Crippen LogP contribution in [0.3, 0.4) is 0 Å². The predicted molar refractivity (Wildman–Crippen MR) is 127 cm³/mol. The Morgan fingerprint density at radius 2 is 1.23 bits per heavy atom. The van der Waals surface area contributed by atoms with Crippen LogP contribution in [-0.2, 0) is 5.41 Å². The van der Waals surface area contributed by atoms with Crippen molar-refractivity contribution >= 4 is 45.2 Å². The van der Waals surface area contributed by atoms with Crippen LogP contribution in [0.2, 0.25) is 0 Å². The van der Waals surface area contributed by atoms with Crippen molar-refractivity contribution in [3.05, 3.63) is 54.7 Å². The van der Waals surface area contributed by atoms with Gasteiger partial charge in [-0.05, 0) is 82.0 Å². The fraction of sp³-hybridized carbons (Fsp3) is 0.478. The van der Waals surface area contributed by atoms with Crippen molar-refractivity contribution < 1.29 is 4.74 Å². The number of ether oxygens (including phenoxy) is 1. The van der Waals surface area contributed by atoms with E-state index in [0.717, 1.165) is 11.5 Å². The summed E-state index contributed by atoms with van der Waals surface area (Å²) in [6.45, 7) is 9.42. The van der Waals surface area contributed by atoms with E-state index in [4.69, 9.17) is 4.74 Å². The van der Waals surface area contributed by atoms with Crippen molar-refractivity contribution in [2.75, 3.05) is 0 Å². The van der Waals surface area contributed by atoms with Gasteiger partial charge in [0, 0.05) is 16.5 Å². The molecule has 1 heterocycles. The fourth-order valence-electron chi connectivity index (χ4n) is 4.23. The normalized spacial score (nSPS) is 17.0. The van der Waals surface area contributed by atoms with E-state index in [1.807, 2.05) is 0 Å². The van der Waals surface area contributed by atoms with E-state index in [2.05, 4.69) is 109 Å². The average Bonchev–Trinajstić information content (AvgIpc) is 2.63. The van der Waals surface area contributed by atoms with E-state index in [-0.39, 0.29) is 5.41 Å². The quantitative estimate of drug-likeness (QED) is 0.317. The van der Waals surface area contributed by atoms with Gasteiger partial charge in [-0.2, -0.15) is 0 Å². The Morgan fingerprint density at radius 1 is 0.808 bits per heavy atom. The zero-order valence-corrected chi connectivity index (χ0v) is 20.4. The number of rotatable bonds is 6. The second kappa shape index (κ2) is 8.38. The van der Waals surface area contributed by atoms with E-state index in [1.165, 1.54) is 44.0 Å². The molecule has 0 bridgehead atoms. The number of hydrogen-bond acceptors (Lipinski definition) is 1. The van der Waals surface area contributed by atoms with Crippen molar-refractivity contribution in [1.82, 2.24) is 0 Å². The lowest BCUT2D eigenvalue weighted by atomic mass is 9.63. The molecule has 2 aromatic rings. The fourth-order valence-corrected chi connectivity index (χ4v) is 5.44. The summed E-state index contributed by atoms with van der Waals surface area (Å²) in [6.07, 6.45) is 4.78. The molecule has 3 heteroatoms. The molecule has 2 atom stereocenters. The number of benzene rings is 2. The summed E-state index contributed by atoms with van der Waals surface area (Å²) in [4.78, 5) is 0. The molecule has 0 saturated carbocycles. The first-order valence-corrected chi connectivity index (χ1v) is 11.8. The molecule has 0 aliphatic carbocycles. The highest BCUT2D eigenvalue weighted by Gasteiger charge is 2.44. The smallest absolute Gasteiger partial charge is 0.144 e. The van der Waals surface area contributed by atoms with Gasteiger partial charge in [-0.1, -0.05) is 64.8 Å². The molecule has 0 spiro atoms. The molecule has 0 radical (unpaired) electrons. The molecule has 0 fully saturated rings. The first-order chi connectivity index (χ1) is 12.4. The van der Waals surface area contributed by atoms with E-state index in [9.17, 15) is 0 Å². The topological polar surface area (TPSA) is 9.23 Å². The summed E-state index contributed by atoms with van der Waals surface area (Å²) < 4.78 is 8.93. The highest BCUT2D eigenvalue weighted by Crippen LogP contribution is 2.56. The summed E-state index contributed by atoms with van der Waals surface area (Å²) in [7, 11) is 0. The Hall–Kier alpha value is -0.300. The van der Waals surface area contributed by atoms with Gasteiger partial charge in [0.05, 0.1) is 7.14 Å². The number of hydrogen-bond donors (Lipinski definition) is 0. The van der Waals surface area contributed by atoms with Crippen LogP contribution in [0.5, 0.6) is 11.5 Å². The molecule has 1 aliphatic rings. The van der Waals surface area contributed by atoms with Crippen LogP contribution in [-0.4, -0.2) is 0 Å². The first-order valence-electron chi connectivity index (χ1n) is 9.68. The third-order valence-corrected chi connectivity index (χ3v) is 7.66. The molecular formula is C23H28I2O. The number of fused-ring (bicyclic) bond motifs is 2. The van der Waals surface area contributed by atoms with Crippen molar-refractivity contribution in [2.24, 2.45) is 11.8 Å². The Kier molecular flexibility index (Phi) is 6.58. The maximum atomic E-state index is 6.51. The predicted octanol–water partition coefficient (Wildman–Crippen LogP) is 8.16. The van der Waals surface area contributed by atoms with Crippen molar-refractivity contribution in [2.45, 2.75) is 58.8 Å². The standard InChI is InChI=1S/C23H28I2O/c1-5-15(3)13-23(14-16(4)6-2)17-9-7-11-19(24)21(17)26-22-18(23)10-8-12-20(22)25/h7-12,15-16H,5-6,13-14H2,1-4H3/t15-,16-/m1/s1. The lowest BCUT2D eigenvalue weighted by Gasteiger charge is -2.44. The molecule has 1 aliphatic heterocycles. The molecule has 0 saturated heterocycles. The molecule has 140 valence electrons. The number of para-hydroxylation sites is 2. The summed E-state index contributed by atoms with van der Waals surface area (Å²) in [6, 6.07) is 13.3. The molecule has 2 aromatic carbocycles. The lowest BCUT2D eigenvalue weighted by Crippen LogP contribution is -2.35. The molecular weight excluding hydrogens is 546 g/mol. The third-order valence-electron chi connectivity index (χ3n) is 5.96. The highest BCUT2D eigenvalue weighted by molar-refractivity contribution is 14.1. The highest BCUT2D eigenvalue weighted by atomic mass is 127. The van der Waals surface area contributed by atoms with Crippen LogP contribution < -0.4 is 4.74 Å². The molecule has 0 amide bonds. The van der Waals surface area contributed by atoms with Gasteiger partial charge in [0.2, 0.25) is 0 Å². The lowest BCUT2D eigenvalue weighted by molar-refractivity contribution is 0.274. The Labute approximate surface area is 185 Å². The average molecular weight is 574 g/mol. The zero-order valence-electron chi connectivity index (χ0n) is 16.1. The van der Waals surface area contributed by atoms with Crippen molar-refractivity contribution in [3.63, 3.8) is 0 Å². The van der Waals surface area contributed by atoms with E-state index in [1.54, 1.807) is 0 Å². The molecule has 0 aromatic heterocycles. The van der Waals surface area contributed by atoms with E-state index in [0.29, 0.717) is 11.8 Å². The summed E-state index contributed by atoms with van der Waals surface area (Å²) in [5, 5.41) is 0. The minimum absolute atomic E-state index is 0.0378. The van der Waals surface area contributed by atoms with Gasteiger partial charge in [0.1, 0.15) is 11.5 Å². The Morgan fingerprint density at radius 3 is 1.62 bits per heavy atom. The van der Waals surface area contributed by atoms with Gasteiger partial charge in [-0.15, -0.1) is 0 Å². The van der Waals surface area contributed by atoms with Gasteiger partial charge in [-0.25, -0.2) is 0 Å². The number of halogens is 2. The van der Waals surface area contributed by atoms with Crippen LogP contribution >= 0.6 is 45.2 Å². The maximum Gasteiger partial charge on any atom is 0.144 e. The van der Waals surface area contributed by atoms with Gasteiger partial charge < -0.3 is 4.74 Å². The van der Waals surface area contributed by atoms with Crippen LogP contribution in [0, 0.1) is 19.0 Å². The summed E-state index contributed by atoms with van der Waals surface area (Å²) in [5.74, 6) is 3.51. The van der Waals surface area contributed by atoms with Crippen LogP contribution in [0.15, 0.2) is 36.4 Å². The molecule has 0 unspecified atom stereocenters. The molecule has 1 nitrogen and oxygen atoms in total. The van der Waals surface area contributed by atoms with Crippen LogP contribution in [0.4, 0.5) is 0 Å². The second-order valence-electron chi connectivity index (χ2n) is 7.85. The Balaban J connectivity index is 2.30.